The fourth-order valence-electron chi connectivity index (χ4n) is 4.41. The largest absolute Gasteiger partial charge is 0.356 e. The number of benzene rings is 1. The van der Waals surface area contributed by atoms with Crippen LogP contribution in [0.25, 0.3) is 11.0 Å². The van der Waals surface area contributed by atoms with Crippen LogP contribution in [0.2, 0.25) is 0 Å². The summed E-state index contributed by atoms with van der Waals surface area (Å²) in [6.07, 6.45) is 10.8. The Morgan fingerprint density at radius 2 is 2.03 bits per heavy atom. The summed E-state index contributed by atoms with van der Waals surface area (Å²) in [5.74, 6) is 1.68. The number of nitrogens with zero attached hydrogens (tertiary/aromatic N) is 2. The van der Waals surface area contributed by atoms with Crippen molar-refractivity contribution in [2.45, 2.75) is 82.6 Å². The van der Waals surface area contributed by atoms with Crippen molar-refractivity contribution in [1.82, 2.24) is 14.9 Å². The maximum Gasteiger partial charge on any atom is 0.238 e. The zero-order valence-corrected chi connectivity index (χ0v) is 18.7. The van der Waals surface area contributed by atoms with Crippen LogP contribution in [0.3, 0.4) is 0 Å². The fourth-order valence-corrected chi connectivity index (χ4v) is 4.94. The maximum absolute atomic E-state index is 12.3. The molecule has 1 aliphatic rings. The predicted octanol–water partition coefficient (Wildman–Crippen LogP) is 3.50. The first-order valence-corrected chi connectivity index (χ1v) is 12.7. The highest BCUT2D eigenvalue weighted by molar-refractivity contribution is 7.89. The van der Waals surface area contributed by atoms with Crippen LogP contribution in [0.1, 0.15) is 70.5 Å². The van der Waals surface area contributed by atoms with Crippen LogP contribution < -0.4 is 10.5 Å². The van der Waals surface area contributed by atoms with Gasteiger partial charge in [0.2, 0.25) is 15.9 Å². The molecular weight excluding hydrogens is 400 g/mol. The van der Waals surface area contributed by atoms with E-state index in [2.05, 4.69) is 21.8 Å². The predicted molar refractivity (Wildman–Crippen MR) is 119 cm³/mol. The summed E-state index contributed by atoms with van der Waals surface area (Å²) in [5, 5.41) is 8.27. The highest BCUT2D eigenvalue weighted by Crippen LogP contribution is 2.27. The number of carbonyl (C=O) groups excluding carboxylic acids is 1. The molecule has 3 rings (SSSR count). The van der Waals surface area contributed by atoms with Gasteiger partial charge in [-0.05, 0) is 43.4 Å². The number of hydrogen-bond donors (Lipinski definition) is 2. The molecule has 0 bridgehead atoms. The lowest BCUT2D eigenvalue weighted by Gasteiger charge is -2.21. The molecule has 1 fully saturated rings. The second kappa shape index (κ2) is 10.4. The van der Waals surface area contributed by atoms with Crippen LogP contribution in [-0.2, 0) is 27.8 Å². The van der Waals surface area contributed by atoms with Gasteiger partial charge in [0.05, 0.1) is 15.9 Å². The molecule has 1 amide bonds. The summed E-state index contributed by atoms with van der Waals surface area (Å²) in [7, 11) is -3.77. The lowest BCUT2D eigenvalue weighted by molar-refractivity contribution is -0.121. The van der Waals surface area contributed by atoms with Crippen LogP contribution in [0, 0.1) is 5.92 Å². The van der Waals surface area contributed by atoms with Gasteiger partial charge >= 0.3 is 0 Å². The fraction of sp³-hybridized carbons (Fsp3) is 0.636. The molecule has 0 saturated heterocycles. The number of fused-ring (bicyclic) bond motifs is 1. The first kappa shape index (κ1) is 22.7. The molecule has 7 nitrogen and oxygen atoms in total. The van der Waals surface area contributed by atoms with Crippen LogP contribution in [0.15, 0.2) is 23.1 Å². The zero-order chi connectivity index (χ0) is 21.6. The zero-order valence-electron chi connectivity index (χ0n) is 17.9. The van der Waals surface area contributed by atoms with Crippen molar-refractivity contribution in [2.75, 3.05) is 6.54 Å². The van der Waals surface area contributed by atoms with E-state index >= 15 is 0 Å². The van der Waals surface area contributed by atoms with Gasteiger partial charge in [-0.25, -0.2) is 18.5 Å². The van der Waals surface area contributed by atoms with Gasteiger partial charge in [0.25, 0.3) is 0 Å². The van der Waals surface area contributed by atoms with E-state index in [-0.39, 0.29) is 10.8 Å². The van der Waals surface area contributed by atoms with Gasteiger partial charge in [-0.1, -0.05) is 39.0 Å². The minimum atomic E-state index is -3.77. The molecule has 1 heterocycles. The van der Waals surface area contributed by atoms with E-state index in [1.807, 2.05) is 0 Å². The van der Waals surface area contributed by atoms with Crippen molar-refractivity contribution in [3.63, 3.8) is 0 Å². The molecule has 3 N–H and O–H groups in total. The Morgan fingerprint density at radius 3 is 2.73 bits per heavy atom. The molecule has 0 spiro atoms. The molecular formula is C22H34N4O3S. The Labute approximate surface area is 179 Å². The average Bonchev–Trinajstić information content (AvgIpc) is 3.07. The van der Waals surface area contributed by atoms with E-state index in [0.717, 1.165) is 43.2 Å². The molecule has 0 atom stereocenters. The molecule has 1 saturated carbocycles. The number of aryl methyl sites for hydroxylation is 2. The molecule has 30 heavy (non-hydrogen) atoms. The molecule has 1 aliphatic carbocycles. The highest BCUT2D eigenvalue weighted by Gasteiger charge is 2.16. The van der Waals surface area contributed by atoms with Crippen molar-refractivity contribution in [2.24, 2.45) is 11.1 Å². The number of amides is 1. The molecule has 1 aromatic heterocycles. The summed E-state index contributed by atoms with van der Waals surface area (Å²) in [4.78, 5) is 16.9. The third-order valence-corrected chi connectivity index (χ3v) is 6.90. The highest BCUT2D eigenvalue weighted by atomic mass is 32.2. The van der Waals surface area contributed by atoms with Gasteiger partial charge in [0.15, 0.2) is 0 Å². The summed E-state index contributed by atoms with van der Waals surface area (Å²) in [6, 6.07) is 4.76. The van der Waals surface area contributed by atoms with E-state index in [4.69, 9.17) is 5.14 Å². The van der Waals surface area contributed by atoms with E-state index in [9.17, 15) is 13.2 Å². The molecule has 8 heteroatoms. The van der Waals surface area contributed by atoms with Crippen molar-refractivity contribution >= 4 is 27.0 Å². The van der Waals surface area contributed by atoms with Crippen molar-refractivity contribution < 1.29 is 13.2 Å². The first-order valence-electron chi connectivity index (χ1n) is 11.2. The Morgan fingerprint density at radius 1 is 1.27 bits per heavy atom. The lowest BCUT2D eigenvalue weighted by Crippen LogP contribution is -2.25. The standard InChI is InChI=1S/C22H34N4O3S/c1-2-15-26-20-11-10-18(30(23,28)29)16-19(20)25-21(26)12-13-22(27)24-14-6-9-17-7-4-3-5-8-17/h10-11,16-17H,2-9,12-15H2,1H3,(H,24,27)(H2,23,28,29). The Kier molecular flexibility index (Phi) is 7.88. The smallest absolute Gasteiger partial charge is 0.238 e. The topological polar surface area (TPSA) is 107 Å². The minimum absolute atomic E-state index is 0.0407. The van der Waals surface area contributed by atoms with Gasteiger partial charge in [-0.15, -0.1) is 0 Å². The maximum atomic E-state index is 12.3. The third-order valence-electron chi connectivity index (χ3n) is 5.99. The number of primary sulfonamides is 1. The number of sulfonamides is 1. The van der Waals surface area contributed by atoms with Gasteiger partial charge in [0.1, 0.15) is 5.82 Å². The SMILES string of the molecule is CCCn1c(CCC(=O)NCCCC2CCCCC2)nc2cc(S(N)(=O)=O)ccc21. The first-order chi connectivity index (χ1) is 14.4. The number of nitrogens with one attached hydrogen (secondary N) is 1. The number of carbonyl (C=O) groups is 1. The van der Waals surface area contributed by atoms with Gasteiger partial charge in [-0.2, -0.15) is 0 Å². The second-order valence-electron chi connectivity index (χ2n) is 8.37. The van der Waals surface area contributed by atoms with Crippen LogP contribution in [-0.4, -0.2) is 30.4 Å². The summed E-state index contributed by atoms with van der Waals surface area (Å²) >= 11 is 0. The van der Waals surface area contributed by atoms with Crippen molar-refractivity contribution in [3.8, 4) is 0 Å². The molecule has 0 aliphatic heterocycles. The summed E-state index contributed by atoms with van der Waals surface area (Å²) in [6.45, 7) is 3.58. The van der Waals surface area contributed by atoms with E-state index in [0.29, 0.717) is 18.4 Å². The molecule has 1 aromatic carbocycles. The summed E-state index contributed by atoms with van der Waals surface area (Å²) < 4.78 is 25.3. The summed E-state index contributed by atoms with van der Waals surface area (Å²) in [5.41, 5.74) is 1.46. The van der Waals surface area contributed by atoms with Crippen LogP contribution in [0.4, 0.5) is 0 Å². The van der Waals surface area contributed by atoms with E-state index in [1.54, 1.807) is 6.07 Å². The number of rotatable bonds is 10. The normalized spacial score (nSPS) is 15.5. The lowest BCUT2D eigenvalue weighted by atomic mass is 9.86. The van der Waals surface area contributed by atoms with Gasteiger partial charge < -0.3 is 9.88 Å². The monoisotopic (exact) mass is 434 g/mol. The Bertz CT molecular complexity index is 962. The van der Waals surface area contributed by atoms with Crippen molar-refractivity contribution in [1.29, 1.82) is 0 Å². The van der Waals surface area contributed by atoms with Crippen LogP contribution >= 0.6 is 0 Å². The van der Waals surface area contributed by atoms with Gasteiger partial charge in [0, 0.05) is 25.9 Å². The average molecular weight is 435 g/mol. The van der Waals surface area contributed by atoms with Crippen LogP contribution in [0.5, 0.6) is 0 Å². The number of imidazole rings is 1. The van der Waals surface area contributed by atoms with E-state index < -0.39 is 10.0 Å². The third kappa shape index (κ3) is 6.04. The van der Waals surface area contributed by atoms with Gasteiger partial charge in [-0.3, -0.25) is 4.79 Å². The Balaban J connectivity index is 1.56. The van der Waals surface area contributed by atoms with E-state index in [1.165, 1.54) is 50.7 Å². The minimum Gasteiger partial charge on any atom is -0.356 e. The number of hydrogen-bond acceptors (Lipinski definition) is 4. The van der Waals surface area contributed by atoms with Crippen molar-refractivity contribution in [3.05, 3.63) is 24.0 Å². The molecule has 0 radical (unpaired) electrons. The second-order valence-corrected chi connectivity index (χ2v) is 9.93. The number of nitrogens with two attached hydrogens (primary N) is 1. The Hall–Kier alpha value is -1.93. The quantitative estimate of drug-likeness (QED) is 0.558. The molecule has 0 unspecified atom stereocenters. The molecule has 166 valence electrons. The number of aromatic nitrogens is 2. The molecule has 2 aromatic rings.